The van der Waals surface area contributed by atoms with Crippen molar-refractivity contribution in [2.24, 2.45) is 0 Å². The number of ether oxygens (including phenoxy) is 1. The van der Waals surface area contributed by atoms with E-state index in [1.54, 1.807) is 6.92 Å². The summed E-state index contributed by atoms with van der Waals surface area (Å²) in [5.41, 5.74) is 2.08. The maximum Gasteiger partial charge on any atom is 0.335 e. The fraction of sp³-hybridized carbons (Fsp3) is 0.211. The summed E-state index contributed by atoms with van der Waals surface area (Å²) in [7, 11) is 0. The number of halogens is 1. The molecule has 0 fully saturated rings. The first-order valence-electron chi connectivity index (χ1n) is 7.69. The molecule has 0 aliphatic carbocycles. The van der Waals surface area contributed by atoms with Gasteiger partial charge in [0.05, 0.1) is 6.61 Å². The molecule has 2 aromatic carbocycles. The molecule has 3 aromatic rings. The molecule has 0 radical (unpaired) electrons. The van der Waals surface area contributed by atoms with Gasteiger partial charge in [-0.3, -0.25) is 0 Å². The number of carbonyl (C=O) groups excluding carboxylic acids is 1. The Kier molecular flexibility index (Phi) is 5.19. The molecule has 3 nitrogen and oxygen atoms in total. The lowest BCUT2D eigenvalue weighted by Crippen LogP contribution is -2.25. The predicted octanol–water partition coefficient (Wildman–Crippen LogP) is 4.69. The molecule has 0 amide bonds. The van der Waals surface area contributed by atoms with Gasteiger partial charge in [0.25, 0.3) is 0 Å². The van der Waals surface area contributed by atoms with Crippen molar-refractivity contribution in [1.29, 1.82) is 0 Å². The van der Waals surface area contributed by atoms with E-state index in [2.05, 4.69) is 6.07 Å². The molecule has 1 atom stereocenters. The largest absolute Gasteiger partial charge is 0.464 e. The third-order valence-corrected chi connectivity index (χ3v) is 4.97. The number of thiophene rings is 1. The maximum absolute atomic E-state index is 11.6. The van der Waals surface area contributed by atoms with E-state index in [0.717, 1.165) is 26.8 Å². The lowest BCUT2D eigenvalue weighted by Gasteiger charge is -2.10. The van der Waals surface area contributed by atoms with Gasteiger partial charge >= 0.3 is 5.97 Å². The fourth-order valence-electron chi connectivity index (χ4n) is 2.64. The average molecular weight is 361 g/mol. The van der Waals surface area contributed by atoms with Gasteiger partial charge in [-0.25, -0.2) is 4.79 Å². The first-order chi connectivity index (χ1) is 11.6. The van der Waals surface area contributed by atoms with E-state index < -0.39 is 12.1 Å². The van der Waals surface area contributed by atoms with Crippen LogP contribution in [0.25, 0.3) is 21.9 Å². The maximum atomic E-state index is 11.6. The number of hydrogen-bond acceptors (Lipinski definition) is 4. The van der Waals surface area contributed by atoms with Gasteiger partial charge in [0.15, 0.2) is 6.10 Å². The van der Waals surface area contributed by atoms with E-state index in [4.69, 9.17) is 16.3 Å². The van der Waals surface area contributed by atoms with Crippen molar-refractivity contribution >= 4 is 39.7 Å². The number of aliphatic hydroxyl groups is 1. The average Bonchev–Trinajstić information content (AvgIpc) is 3.02. The van der Waals surface area contributed by atoms with Gasteiger partial charge in [-0.05, 0) is 58.5 Å². The number of fused-ring (bicyclic) bond motifs is 1. The van der Waals surface area contributed by atoms with Crippen LogP contribution in [0.5, 0.6) is 0 Å². The number of aliphatic hydroxyl groups excluding tert-OH is 1. The highest BCUT2D eigenvalue weighted by atomic mass is 35.5. The van der Waals surface area contributed by atoms with Crippen LogP contribution in [-0.4, -0.2) is 23.8 Å². The predicted molar refractivity (Wildman–Crippen MR) is 98.6 cm³/mol. The van der Waals surface area contributed by atoms with Crippen molar-refractivity contribution in [1.82, 2.24) is 0 Å². The van der Waals surface area contributed by atoms with E-state index in [9.17, 15) is 9.90 Å². The Morgan fingerprint density at radius 1 is 1.21 bits per heavy atom. The third-order valence-electron chi connectivity index (χ3n) is 3.80. The first kappa shape index (κ1) is 17.0. The molecular weight excluding hydrogens is 344 g/mol. The molecule has 1 N–H and O–H groups in total. The molecule has 0 spiro atoms. The second-order valence-corrected chi connectivity index (χ2v) is 6.87. The highest BCUT2D eigenvalue weighted by molar-refractivity contribution is 7.10. The van der Waals surface area contributed by atoms with Crippen LogP contribution >= 0.6 is 22.9 Å². The molecule has 5 heteroatoms. The second-order valence-electron chi connectivity index (χ2n) is 5.44. The van der Waals surface area contributed by atoms with Crippen LogP contribution in [0.15, 0.2) is 47.8 Å². The van der Waals surface area contributed by atoms with E-state index in [0.29, 0.717) is 5.02 Å². The van der Waals surface area contributed by atoms with Gasteiger partial charge in [0.2, 0.25) is 0 Å². The van der Waals surface area contributed by atoms with Crippen LogP contribution in [0.4, 0.5) is 0 Å². The van der Waals surface area contributed by atoms with Crippen LogP contribution < -0.4 is 0 Å². The zero-order valence-corrected chi connectivity index (χ0v) is 14.7. The van der Waals surface area contributed by atoms with Gasteiger partial charge < -0.3 is 9.84 Å². The standard InChI is InChI=1S/C19H17ClO3S/c1-2-23-19(22)17(21)11-18-16(7-8-24-18)14-4-3-13-10-15(20)6-5-12(13)9-14/h3-10,17,21H,2,11H2,1H3. The minimum absolute atomic E-state index is 0.254. The van der Waals surface area contributed by atoms with Crippen LogP contribution in [0.1, 0.15) is 11.8 Å². The topological polar surface area (TPSA) is 46.5 Å². The van der Waals surface area contributed by atoms with Crippen molar-refractivity contribution in [3.8, 4) is 11.1 Å². The second kappa shape index (κ2) is 7.34. The summed E-state index contributed by atoms with van der Waals surface area (Å²) < 4.78 is 4.87. The van der Waals surface area contributed by atoms with E-state index in [-0.39, 0.29) is 13.0 Å². The summed E-state index contributed by atoms with van der Waals surface area (Å²) in [6.45, 7) is 1.99. The van der Waals surface area contributed by atoms with Crippen LogP contribution in [0.3, 0.4) is 0 Å². The molecule has 0 bridgehead atoms. The minimum Gasteiger partial charge on any atom is -0.464 e. The molecule has 1 aromatic heterocycles. The van der Waals surface area contributed by atoms with Gasteiger partial charge in [-0.15, -0.1) is 11.3 Å². The molecule has 1 unspecified atom stereocenters. The van der Waals surface area contributed by atoms with Crippen molar-refractivity contribution in [2.75, 3.05) is 6.61 Å². The molecule has 124 valence electrons. The monoisotopic (exact) mass is 360 g/mol. The smallest absolute Gasteiger partial charge is 0.335 e. The molecule has 3 rings (SSSR count). The Morgan fingerprint density at radius 2 is 1.96 bits per heavy atom. The van der Waals surface area contributed by atoms with Crippen molar-refractivity contribution < 1.29 is 14.6 Å². The lowest BCUT2D eigenvalue weighted by molar-refractivity contribution is -0.152. The Morgan fingerprint density at radius 3 is 2.75 bits per heavy atom. The molecule has 0 aliphatic heterocycles. The summed E-state index contributed by atoms with van der Waals surface area (Å²) in [6.07, 6.45) is -0.883. The summed E-state index contributed by atoms with van der Waals surface area (Å²) >= 11 is 7.55. The Labute approximate surface area is 149 Å². The van der Waals surface area contributed by atoms with E-state index >= 15 is 0 Å². The summed E-state index contributed by atoms with van der Waals surface area (Å²) in [5, 5.41) is 14.9. The molecular formula is C19H17ClO3S. The molecule has 0 saturated carbocycles. The minimum atomic E-state index is -1.14. The molecule has 0 saturated heterocycles. The molecule has 0 aliphatic rings. The van der Waals surface area contributed by atoms with Gasteiger partial charge in [-0.2, -0.15) is 0 Å². The quantitative estimate of drug-likeness (QED) is 0.671. The highest BCUT2D eigenvalue weighted by Gasteiger charge is 2.19. The van der Waals surface area contributed by atoms with Crippen molar-refractivity contribution in [3.63, 3.8) is 0 Å². The van der Waals surface area contributed by atoms with Crippen molar-refractivity contribution in [3.05, 3.63) is 57.7 Å². The number of benzene rings is 2. The van der Waals surface area contributed by atoms with Crippen LogP contribution in [0, 0.1) is 0 Å². The number of rotatable bonds is 5. The zero-order chi connectivity index (χ0) is 17.1. The van der Waals surface area contributed by atoms with E-state index in [1.807, 2.05) is 41.8 Å². The highest BCUT2D eigenvalue weighted by Crippen LogP contribution is 2.32. The number of carbonyl (C=O) groups is 1. The normalized spacial score (nSPS) is 12.3. The Balaban J connectivity index is 1.89. The number of hydrogen-bond donors (Lipinski definition) is 1. The van der Waals surface area contributed by atoms with Crippen LogP contribution in [-0.2, 0) is 16.0 Å². The first-order valence-corrected chi connectivity index (χ1v) is 8.95. The Hall–Kier alpha value is -1.88. The zero-order valence-electron chi connectivity index (χ0n) is 13.2. The van der Waals surface area contributed by atoms with Crippen molar-refractivity contribution in [2.45, 2.75) is 19.4 Å². The third kappa shape index (κ3) is 3.61. The SMILES string of the molecule is CCOC(=O)C(O)Cc1sccc1-c1ccc2cc(Cl)ccc2c1. The number of esters is 1. The van der Waals surface area contributed by atoms with Gasteiger partial charge in [0.1, 0.15) is 0 Å². The summed E-state index contributed by atoms with van der Waals surface area (Å²) in [6, 6.07) is 13.9. The summed E-state index contributed by atoms with van der Waals surface area (Å²) in [4.78, 5) is 12.6. The van der Waals surface area contributed by atoms with Crippen LogP contribution in [0.2, 0.25) is 5.02 Å². The Bertz CT molecular complexity index is 872. The molecule has 24 heavy (non-hydrogen) atoms. The van der Waals surface area contributed by atoms with Gasteiger partial charge in [-0.1, -0.05) is 29.8 Å². The van der Waals surface area contributed by atoms with Gasteiger partial charge in [0, 0.05) is 16.3 Å². The molecule has 1 heterocycles. The summed E-state index contributed by atoms with van der Waals surface area (Å²) in [5.74, 6) is -0.579. The van der Waals surface area contributed by atoms with E-state index in [1.165, 1.54) is 11.3 Å². The fourth-order valence-corrected chi connectivity index (χ4v) is 3.75. The lowest BCUT2D eigenvalue weighted by atomic mass is 10.0.